The van der Waals surface area contributed by atoms with Gasteiger partial charge in [0.25, 0.3) is 5.91 Å². The number of hydrogen-bond donors (Lipinski definition) is 1. The molecule has 0 saturated heterocycles. The topological polar surface area (TPSA) is 68.0 Å². The normalized spacial score (nSPS) is 10.7. The molecule has 0 saturated carbocycles. The highest BCUT2D eigenvalue weighted by Gasteiger charge is 2.14. The van der Waals surface area contributed by atoms with E-state index in [4.69, 9.17) is 50.9 Å². The van der Waals surface area contributed by atoms with Crippen molar-refractivity contribution < 1.29 is 9.32 Å². The number of nitrogens with one attached hydrogen (secondary N) is 1. The van der Waals surface area contributed by atoms with Crippen LogP contribution in [0.1, 0.15) is 16.1 Å². The van der Waals surface area contributed by atoms with Crippen LogP contribution in [0.25, 0.3) is 11.3 Å². The zero-order chi connectivity index (χ0) is 18.0. The molecule has 2 heterocycles. The highest BCUT2D eigenvalue weighted by molar-refractivity contribution is 6.36. The maximum Gasteiger partial charge on any atom is 0.254 e. The van der Waals surface area contributed by atoms with Crippen LogP contribution in [0.2, 0.25) is 20.2 Å². The number of amides is 1. The highest BCUT2D eigenvalue weighted by Crippen LogP contribution is 2.30. The van der Waals surface area contributed by atoms with Crippen molar-refractivity contribution in [3.8, 4) is 11.3 Å². The fraction of sp³-hybridized carbons (Fsp3) is 0.0625. The monoisotopic (exact) mass is 415 g/mol. The molecule has 9 heteroatoms. The van der Waals surface area contributed by atoms with E-state index in [1.807, 2.05) is 0 Å². The molecular weight excluding hydrogens is 408 g/mol. The lowest BCUT2D eigenvalue weighted by molar-refractivity contribution is 0.0947. The van der Waals surface area contributed by atoms with Gasteiger partial charge in [-0.05, 0) is 24.3 Å². The summed E-state index contributed by atoms with van der Waals surface area (Å²) in [6.45, 7) is 0.111. The molecule has 0 aliphatic heterocycles. The van der Waals surface area contributed by atoms with E-state index in [0.29, 0.717) is 32.1 Å². The lowest BCUT2D eigenvalue weighted by Crippen LogP contribution is -2.23. The maximum absolute atomic E-state index is 12.2. The van der Waals surface area contributed by atoms with Crippen LogP contribution < -0.4 is 5.32 Å². The van der Waals surface area contributed by atoms with Gasteiger partial charge in [0.1, 0.15) is 10.8 Å². The second kappa shape index (κ2) is 7.62. The predicted molar refractivity (Wildman–Crippen MR) is 97.4 cm³/mol. The molecule has 0 unspecified atom stereocenters. The molecule has 0 atom stereocenters. The van der Waals surface area contributed by atoms with Crippen molar-refractivity contribution in [2.75, 3.05) is 0 Å². The fourth-order valence-corrected chi connectivity index (χ4v) is 2.92. The molecule has 0 aliphatic rings. The van der Waals surface area contributed by atoms with Crippen LogP contribution in [0, 0.1) is 0 Å². The average molecular weight is 417 g/mol. The van der Waals surface area contributed by atoms with Gasteiger partial charge < -0.3 is 9.84 Å². The summed E-state index contributed by atoms with van der Waals surface area (Å²) in [6, 6.07) is 8.16. The molecule has 0 aliphatic carbocycles. The Morgan fingerprint density at radius 2 is 1.88 bits per heavy atom. The van der Waals surface area contributed by atoms with Gasteiger partial charge in [-0.25, -0.2) is 4.98 Å². The van der Waals surface area contributed by atoms with Crippen molar-refractivity contribution in [2.24, 2.45) is 0 Å². The van der Waals surface area contributed by atoms with Crippen molar-refractivity contribution in [1.29, 1.82) is 0 Å². The number of halogens is 4. The molecule has 5 nitrogen and oxygen atoms in total. The second-order valence-corrected chi connectivity index (χ2v) is 6.62. The number of rotatable bonds is 4. The Balaban J connectivity index is 1.71. The lowest BCUT2D eigenvalue weighted by Gasteiger charge is -2.04. The maximum atomic E-state index is 12.2. The standard InChI is InChI=1S/C16H9Cl4N3O2/c17-8-1-2-11(13(19)4-8)14-5-10(25-23-14)7-22-16(24)12-3-9(18)6-21-15(12)20/h1-6H,7H2,(H,22,24). The van der Waals surface area contributed by atoms with Gasteiger partial charge in [-0.3, -0.25) is 4.79 Å². The Bertz CT molecular complexity index is 943. The third kappa shape index (κ3) is 4.25. The van der Waals surface area contributed by atoms with Crippen LogP contribution >= 0.6 is 46.4 Å². The number of benzene rings is 1. The molecule has 1 amide bonds. The van der Waals surface area contributed by atoms with Gasteiger partial charge in [0.05, 0.1) is 22.2 Å². The van der Waals surface area contributed by atoms with Gasteiger partial charge in [-0.15, -0.1) is 0 Å². The van der Waals surface area contributed by atoms with Gasteiger partial charge in [0, 0.05) is 22.8 Å². The van der Waals surface area contributed by atoms with E-state index in [1.54, 1.807) is 24.3 Å². The largest absolute Gasteiger partial charge is 0.359 e. The van der Waals surface area contributed by atoms with Gasteiger partial charge in [-0.1, -0.05) is 51.6 Å². The van der Waals surface area contributed by atoms with Crippen molar-refractivity contribution in [3.05, 3.63) is 68.1 Å². The summed E-state index contributed by atoms with van der Waals surface area (Å²) in [7, 11) is 0. The van der Waals surface area contributed by atoms with Crippen LogP contribution in [0.4, 0.5) is 0 Å². The molecule has 3 rings (SSSR count). The van der Waals surface area contributed by atoms with Crippen LogP contribution in [0.3, 0.4) is 0 Å². The van der Waals surface area contributed by atoms with Crippen LogP contribution in [-0.4, -0.2) is 16.0 Å². The van der Waals surface area contributed by atoms with E-state index in [9.17, 15) is 4.79 Å². The Hall–Kier alpha value is -1.79. The minimum absolute atomic E-state index is 0.0631. The first-order chi connectivity index (χ1) is 11.9. The second-order valence-electron chi connectivity index (χ2n) is 4.98. The Morgan fingerprint density at radius 1 is 1.08 bits per heavy atom. The molecule has 3 aromatic rings. The smallest absolute Gasteiger partial charge is 0.254 e. The molecule has 0 fully saturated rings. The van der Waals surface area contributed by atoms with E-state index in [1.165, 1.54) is 12.3 Å². The predicted octanol–water partition coefficient (Wildman–Crippen LogP) is 5.28. The summed E-state index contributed by atoms with van der Waals surface area (Å²) in [4.78, 5) is 16.0. The summed E-state index contributed by atoms with van der Waals surface area (Å²) in [5, 5.41) is 7.96. The van der Waals surface area contributed by atoms with Crippen LogP contribution in [-0.2, 0) is 6.54 Å². The number of hydrogen-bond acceptors (Lipinski definition) is 4. The quantitative estimate of drug-likeness (QED) is 0.587. The first-order valence-electron chi connectivity index (χ1n) is 6.94. The molecule has 2 aromatic heterocycles. The molecule has 1 aromatic carbocycles. The van der Waals surface area contributed by atoms with E-state index in [-0.39, 0.29) is 17.3 Å². The fourth-order valence-electron chi connectivity index (χ4n) is 2.06. The first-order valence-corrected chi connectivity index (χ1v) is 8.45. The molecule has 25 heavy (non-hydrogen) atoms. The van der Waals surface area contributed by atoms with Gasteiger partial charge in [0.2, 0.25) is 0 Å². The Labute approximate surface area is 162 Å². The van der Waals surface area contributed by atoms with Crippen molar-refractivity contribution >= 4 is 52.3 Å². The molecule has 0 spiro atoms. The third-order valence-corrected chi connectivity index (χ3v) is 4.30. The Kier molecular flexibility index (Phi) is 5.49. The number of aromatic nitrogens is 2. The summed E-state index contributed by atoms with van der Waals surface area (Å²) in [6.07, 6.45) is 1.36. The summed E-state index contributed by atoms with van der Waals surface area (Å²) in [5.74, 6) is 0.0166. The molecular formula is C16H9Cl4N3O2. The van der Waals surface area contributed by atoms with E-state index in [0.717, 1.165) is 0 Å². The lowest BCUT2D eigenvalue weighted by atomic mass is 10.1. The zero-order valence-electron chi connectivity index (χ0n) is 12.4. The van der Waals surface area contributed by atoms with E-state index >= 15 is 0 Å². The van der Waals surface area contributed by atoms with Gasteiger partial charge >= 0.3 is 0 Å². The molecule has 0 bridgehead atoms. The third-order valence-electron chi connectivity index (χ3n) is 3.24. The van der Waals surface area contributed by atoms with Gasteiger partial charge in [-0.2, -0.15) is 0 Å². The minimum atomic E-state index is -0.428. The van der Waals surface area contributed by atoms with Crippen LogP contribution in [0.5, 0.6) is 0 Å². The minimum Gasteiger partial charge on any atom is -0.359 e. The molecule has 128 valence electrons. The molecule has 0 radical (unpaired) electrons. The first kappa shape index (κ1) is 18.0. The van der Waals surface area contributed by atoms with Crippen molar-refractivity contribution in [2.45, 2.75) is 6.54 Å². The summed E-state index contributed by atoms with van der Waals surface area (Å²) >= 11 is 23.7. The van der Waals surface area contributed by atoms with E-state index in [2.05, 4.69) is 15.5 Å². The summed E-state index contributed by atoms with van der Waals surface area (Å²) < 4.78 is 5.21. The zero-order valence-corrected chi connectivity index (χ0v) is 15.4. The molecule has 1 N–H and O–H groups in total. The number of nitrogens with zero attached hydrogens (tertiary/aromatic N) is 2. The number of carbonyl (C=O) groups is 1. The van der Waals surface area contributed by atoms with Crippen LogP contribution in [0.15, 0.2) is 41.1 Å². The van der Waals surface area contributed by atoms with Crippen molar-refractivity contribution in [3.63, 3.8) is 0 Å². The SMILES string of the molecule is O=C(NCc1cc(-c2ccc(Cl)cc2Cl)no1)c1cc(Cl)cnc1Cl. The van der Waals surface area contributed by atoms with E-state index < -0.39 is 5.91 Å². The summed E-state index contributed by atoms with van der Waals surface area (Å²) in [5.41, 5.74) is 1.39. The Morgan fingerprint density at radius 3 is 2.64 bits per heavy atom. The number of pyridine rings is 1. The highest BCUT2D eigenvalue weighted by atomic mass is 35.5. The van der Waals surface area contributed by atoms with Crippen molar-refractivity contribution in [1.82, 2.24) is 15.5 Å². The number of carbonyl (C=O) groups excluding carboxylic acids is 1. The average Bonchev–Trinajstić information content (AvgIpc) is 3.03. The van der Waals surface area contributed by atoms with Gasteiger partial charge in [0.15, 0.2) is 5.76 Å².